The van der Waals surface area contributed by atoms with E-state index < -0.39 is 60.2 Å². The second-order valence-corrected chi connectivity index (χ2v) is 8.86. The van der Waals surface area contributed by atoms with Crippen molar-refractivity contribution in [3.63, 3.8) is 0 Å². The van der Waals surface area contributed by atoms with Crippen LogP contribution in [0.3, 0.4) is 0 Å². The van der Waals surface area contributed by atoms with Gasteiger partial charge in [0.2, 0.25) is 17.7 Å². The van der Waals surface area contributed by atoms with Gasteiger partial charge in [0.1, 0.15) is 18.1 Å². The van der Waals surface area contributed by atoms with Crippen LogP contribution in [0.2, 0.25) is 0 Å². The Morgan fingerprint density at radius 1 is 0.833 bits per heavy atom. The molecule has 4 atom stereocenters. The van der Waals surface area contributed by atoms with Gasteiger partial charge in [0.25, 0.3) is 0 Å². The third-order valence-electron chi connectivity index (χ3n) is 5.51. The van der Waals surface area contributed by atoms with Crippen LogP contribution >= 0.6 is 0 Å². The fourth-order valence-electron chi connectivity index (χ4n) is 3.31. The van der Waals surface area contributed by atoms with E-state index in [1.807, 2.05) is 0 Å². The van der Waals surface area contributed by atoms with Gasteiger partial charge in [-0.1, -0.05) is 44.2 Å². The number of carbonyl (C=O) groups is 5. The van der Waals surface area contributed by atoms with Crippen molar-refractivity contribution >= 4 is 29.7 Å². The lowest BCUT2D eigenvalue weighted by molar-refractivity contribution is -0.147. The molecule has 0 spiro atoms. The first-order valence-electron chi connectivity index (χ1n) is 11.8. The van der Waals surface area contributed by atoms with E-state index in [2.05, 4.69) is 16.0 Å². The number of carboxylic acids is 2. The highest BCUT2D eigenvalue weighted by molar-refractivity contribution is 5.94. The number of hydrogen-bond donors (Lipinski definition) is 7. The average molecular weight is 508 g/mol. The zero-order valence-electron chi connectivity index (χ0n) is 20.6. The topological polar surface area (TPSA) is 214 Å². The lowest BCUT2D eigenvalue weighted by Gasteiger charge is -2.26. The highest BCUT2D eigenvalue weighted by Gasteiger charge is 2.31. The molecule has 0 saturated carbocycles. The highest BCUT2D eigenvalue weighted by Crippen LogP contribution is 2.08. The fourth-order valence-corrected chi connectivity index (χ4v) is 3.31. The summed E-state index contributed by atoms with van der Waals surface area (Å²) in [5.41, 5.74) is 12.2. The molecule has 0 fully saturated rings. The molecule has 12 nitrogen and oxygen atoms in total. The Morgan fingerprint density at radius 2 is 1.39 bits per heavy atom. The van der Waals surface area contributed by atoms with Gasteiger partial charge < -0.3 is 37.6 Å². The smallest absolute Gasteiger partial charge is 0.326 e. The maximum Gasteiger partial charge on any atom is 0.326 e. The summed E-state index contributed by atoms with van der Waals surface area (Å²) in [6.07, 6.45) is 0.414. The summed E-state index contributed by atoms with van der Waals surface area (Å²) in [5, 5.41) is 25.6. The van der Waals surface area contributed by atoms with Crippen molar-refractivity contribution in [2.45, 2.75) is 70.1 Å². The first kappa shape index (κ1) is 30.5. The van der Waals surface area contributed by atoms with E-state index in [1.54, 1.807) is 44.2 Å². The second kappa shape index (κ2) is 15.5. The third-order valence-corrected chi connectivity index (χ3v) is 5.51. The Bertz CT molecular complexity index is 894. The quantitative estimate of drug-likeness (QED) is 0.141. The molecule has 0 saturated heterocycles. The van der Waals surface area contributed by atoms with Gasteiger partial charge in [-0.25, -0.2) is 4.79 Å². The fraction of sp³-hybridized carbons (Fsp3) is 0.542. The standard InChI is InChI=1S/C24H37N5O7/c1-14(2)20(26)23(34)28-17(12-15-8-4-3-5-9-15)22(33)27-16(10-6-7-11-25)21(32)29-18(24(35)36)13-19(30)31/h3-5,8-9,14,16-18,20H,6-7,10-13,25-26H2,1-2H3,(H,27,33)(H,28,34)(H,29,32)(H,30,31)(H,35,36). The second-order valence-electron chi connectivity index (χ2n) is 8.86. The van der Waals surface area contributed by atoms with Crippen LogP contribution in [0.5, 0.6) is 0 Å². The molecule has 0 aliphatic rings. The molecular weight excluding hydrogens is 470 g/mol. The van der Waals surface area contributed by atoms with Crippen LogP contribution in [-0.2, 0) is 30.4 Å². The van der Waals surface area contributed by atoms with E-state index in [9.17, 15) is 29.1 Å². The molecule has 3 amide bonds. The van der Waals surface area contributed by atoms with Crippen LogP contribution in [0, 0.1) is 5.92 Å². The van der Waals surface area contributed by atoms with Crippen molar-refractivity contribution in [2.75, 3.05) is 6.54 Å². The number of rotatable bonds is 16. The van der Waals surface area contributed by atoms with E-state index in [4.69, 9.17) is 16.6 Å². The Morgan fingerprint density at radius 3 is 1.92 bits per heavy atom. The lowest BCUT2D eigenvalue weighted by Crippen LogP contribution is -2.58. The van der Waals surface area contributed by atoms with Gasteiger partial charge in [-0.2, -0.15) is 0 Å². The number of unbranched alkanes of at least 4 members (excludes halogenated alkanes) is 1. The summed E-state index contributed by atoms with van der Waals surface area (Å²) >= 11 is 0. The van der Waals surface area contributed by atoms with Crippen LogP contribution in [0.4, 0.5) is 0 Å². The van der Waals surface area contributed by atoms with E-state index in [1.165, 1.54) is 0 Å². The minimum absolute atomic E-state index is 0.122. The molecule has 12 heteroatoms. The molecule has 1 aromatic rings. The maximum atomic E-state index is 13.2. The van der Waals surface area contributed by atoms with Crippen LogP contribution in [0.15, 0.2) is 30.3 Å². The Hall–Kier alpha value is -3.51. The Kier molecular flexibility index (Phi) is 13.1. The van der Waals surface area contributed by atoms with E-state index >= 15 is 0 Å². The predicted molar refractivity (Wildman–Crippen MR) is 132 cm³/mol. The molecule has 1 aromatic carbocycles. The number of hydrogen-bond acceptors (Lipinski definition) is 7. The summed E-state index contributed by atoms with van der Waals surface area (Å²) in [5.74, 6) is -5.15. The summed E-state index contributed by atoms with van der Waals surface area (Å²) in [6.45, 7) is 3.88. The minimum Gasteiger partial charge on any atom is -0.481 e. The zero-order valence-corrected chi connectivity index (χ0v) is 20.6. The molecule has 0 aromatic heterocycles. The van der Waals surface area contributed by atoms with Crippen LogP contribution < -0.4 is 27.4 Å². The van der Waals surface area contributed by atoms with Gasteiger partial charge >= 0.3 is 11.9 Å². The normalized spacial score (nSPS) is 14.2. The number of nitrogens with one attached hydrogen (secondary N) is 3. The van der Waals surface area contributed by atoms with Gasteiger partial charge in [-0.05, 0) is 37.3 Å². The lowest BCUT2D eigenvalue weighted by atomic mass is 10.0. The van der Waals surface area contributed by atoms with Gasteiger partial charge in [-0.15, -0.1) is 0 Å². The Labute approximate surface area is 210 Å². The zero-order chi connectivity index (χ0) is 27.3. The largest absolute Gasteiger partial charge is 0.481 e. The maximum absolute atomic E-state index is 13.2. The Balaban J connectivity index is 3.11. The van der Waals surface area contributed by atoms with Gasteiger partial charge in [-0.3, -0.25) is 19.2 Å². The van der Waals surface area contributed by atoms with Crippen molar-refractivity contribution in [3.05, 3.63) is 35.9 Å². The number of carboxylic acid groups (broad SMARTS) is 2. The monoisotopic (exact) mass is 507 g/mol. The molecule has 0 bridgehead atoms. The van der Waals surface area contributed by atoms with Gasteiger partial charge in [0, 0.05) is 6.42 Å². The molecular formula is C24H37N5O7. The number of nitrogens with two attached hydrogens (primary N) is 2. The summed E-state index contributed by atoms with van der Waals surface area (Å²) in [4.78, 5) is 61.1. The molecule has 36 heavy (non-hydrogen) atoms. The van der Waals surface area contributed by atoms with Gasteiger partial charge in [0.15, 0.2) is 0 Å². The summed E-state index contributed by atoms with van der Waals surface area (Å²) in [6, 6.07) is 4.16. The molecule has 0 heterocycles. The molecule has 4 unspecified atom stereocenters. The summed E-state index contributed by atoms with van der Waals surface area (Å²) < 4.78 is 0. The van der Waals surface area contributed by atoms with Crippen LogP contribution in [0.1, 0.15) is 45.1 Å². The van der Waals surface area contributed by atoms with Crippen molar-refractivity contribution in [3.8, 4) is 0 Å². The first-order chi connectivity index (χ1) is 17.0. The average Bonchev–Trinajstić information content (AvgIpc) is 2.82. The minimum atomic E-state index is -1.67. The third kappa shape index (κ3) is 10.8. The molecule has 9 N–H and O–H groups in total. The number of benzene rings is 1. The van der Waals surface area contributed by atoms with Crippen molar-refractivity contribution < 1.29 is 34.2 Å². The molecule has 1 rings (SSSR count). The first-order valence-corrected chi connectivity index (χ1v) is 11.8. The van der Waals surface area contributed by atoms with E-state index in [0.717, 1.165) is 5.56 Å². The molecule has 0 radical (unpaired) electrons. The summed E-state index contributed by atoms with van der Waals surface area (Å²) in [7, 11) is 0. The molecule has 200 valence electrons. The number of carbonyl (C=O) groups excluding carboxylic acids is 3. The highest BCUT2D eigenvalue weighted by atomic mass is 16.4. The molecule has 0 aliphatic heterocycles. The van der Waals surface area contributed by atoms with Crippen molar-refractivity contribution in [1.82, 2.24) is 16.0 Å². The number of amides is 3. The van der Waals surface area contributed by atoms with Crippen LogP contribution in [-0.4, -0.2) is 70.6 Å². The SMILES string of the molecule is CC(C)C(N)C(=O)NC(Cc1ccccc1)C(=O)NC(CCCCN)C(=O)NC(CC(=O)O)C(=O)O. The predicted octanol–water partition coefficient (Wildman–Crippen LogP) is -0.645. The van der Waals surface area contributed by atoms with Crippen molar-refractivity contribution in [2.24, 2.45) is 17.4 Å². The van der Waals surface area contributed by atoms with Crippen LogP contribution in [0.25, 0.3) is 0 Å². The van der Waals surface area contributed by atoms with E-state index in [-0.39, 0.29) is 18.8 Å². The van der Waals surface area contributed by atoms with E-state index in [0.29, 0.717) is 19.4 Å². The molecule has 0 aliphatic carbocycles. The van der Waals surface area contributed by atoms with Crippen molar-refractivity contribution in [1.29, 1.82) is 0 Å². The number of aliphatic carboxylic acids is 2. The van der Waals surface area contributed by atoms with Gasteiger partial charge in [0.05, 0.1) is 12.5 Å².